The number of aromatic nitrogens is 3. The van der Waals surface area contributed by atoms with Crippen molar-refractivity contribution in [2.45, 2.75) is 20.8 Å². The van der Waals surface area contributed by atoms with Gasteiger partial charge in [-0.15, -0.1) is 0 Å². The average molecular weight is 354 g/mol. The molecule has 0 atom stereocenters. The first-order chi connectivity index (χ1) is 10.9. The number of piperazine rings is 1. The number of nitrogens with zero attached hydrogens (tertiary/aromatic N) is 5. The molecule has 1 fully saturated rings. The second-order valence-electron chi connectivity index (χ2n) is 5.90. The van der Waals surface area contributed by atoms with Crippen molar-refractivity contribution in [3.05, 3.63) is 27.0 Å². The van der Waals surface area contributed by atoms with Gasteiger partial charge in [-0.2, -0.15) is 5.10 Å². The van der Waals surface area contributed by atoms with E-state index in [4.69, 9.17) is 11.6 Å². The van der Waals surface area contributed by atoms with E-state index in [9.17, 15) is 4.79 Å². The van der Waals surface area contributed by atoms with E-state index < -0.39 is 0 Å². The summed E-state index contributed by atoms with van der Waals surface area (Å²) in [6.07, 6.45) is 0. The van der Waals surface area contributed by atoms with Gasteiger partial charge >= 0.3 is 0 Å². The Balaban J connectivity index is 1.89. The van der Waals surface area contributed by atoms with Crippen molar-refractivity contribution in [3.8, 4) is 5.13 Å². The second kappa shape index (κ2) is 6.22. The van der Waals surface area contributed by atoms with Crippen molar-refractivity contribution in [2.24, 2.45) is 0 Å². The molecule has 2 aromatic rings. The van der Waals surface area contributed by atoms with E-state index in [0.29, 0.717) is 15.0 Å². The smallest absolute Gasteiger partial charge is 0.266 e. The van der Waals surface area contributed by atoms with Gasteiger partial charge in [-0.3, -0.25) is 4.79 Å². The van der Waals surface area contributed by atoms with E-state index >= 15 is 0 Å². The Morgan fingerprint density at radius 2 is 1.78 bits per heavy atom. The summed E-state index contributed by atoms with van der Waals surface area (Å²) in [5.74, 6) is 0.0620. The summed E-state index contributed by atoms with van der Waals surface area (Å²) in [7, 11) is 2.07. The van der Waals surface area contributed by atoms with Crippen LogP contribution in [0, 0.1) is 20.8 Å². The molecular weight excluding hydrogens is 334 g/mol. The summed E-state index contributed by atoms with van der Waals surface area (Å²) < 4.78 is 1.72. The van der Waals surface area contributed by atoms with Crippen LogP contribution in [0.5, 0.6) is 0 Å². The van der Waals surface area contributed by atoms with E-state index in [2.05, 4.69) is 22.0 Å². The van der Waals surface area contributed by atoms with E-state index in [-0.39, 0.29) is 5.91 Å². The first-order valence-corrected chi connectivity index (χ1v) is 8.75. The van der Waals surface area contributed by atoms with Gasteiger partial charge in [0.05, 0.1) is 22.1 Å². The molecule has 0 saturated carbocycles. The van der Waals surface area contributed by atoms with E-state index in [1.807, 2.05) is 25.7 Å². The normalized spacial score (nSPS) is 16.1. The number of amides is 1. The molecule has 0 aliphatic carbocycles. The topological polar surface area (TPSA) is 54.3 Å². The molecule has 0 bridgehead atoms. The SMILES string of the molecule is Cc1nc(-n2nc(C)c(Cl)c2C)sc1C(=O)N1CCN(C)CC1. The Morgan fingerprint density at radius 3 is 2.35 bits per heavy atom. The number of hydrogen-bond acceptors (Lipinski definition) is 5. The number of aryl methyl sites for hydroxylation is 2. The largest absolute Gasteiger partial charge is 0.335 e. The lowest BCUT2D eigenvalue weighted by Gasteiger charge is -2.32. The number of halogens is 1. The second-order valence-corrected chi connectivity index (χ2v) is 7.26. The minimum atomic E-state index is 0.0620. The van der Waals surface area contributed by atoms with Crippen molar-refractivity contribution in [3.63, 3.8) is 0 Å². The summed E-state index contributed by atoms with van der Waals surface area (Å²) in [5.41, 5.74) is 2.36. The summed E-state index contributed by atoms with van der Waals surface area (Å²) >= 11 is 7.58. The van der Waals surface area contributed by atoms with Crippen LogP contribution in [0.3, 0.4) is 0 Å². The molecule has 1 aliphatic rings. The van der Waals surface area contributed by atoms with Gasteiger partial charge in [0.15, 0.2) is 0 Å². The lowest BCUT2D eigenvalue weighted by atomic mass is 10.3. The Hall–Kier alpha value is -1.44. The van der Waals surface area contributed by atoms with Gasteiger partial charge < -0.3 is 9.80 Å². The average Bonchev–Trinajstić information content (AvgIpc) is 3.03. The third kappa shape index (κ3) is 3.00. The third-order valence-corrected chi connectivity index (χ3v) is 5.82. The van der Waals surface area contributed by atoms with Crippen LogP contribution >= 0.6 is 22.9 Å². The molecule has 124 valence electrons. The molecule has 0 unspecified atom stereocenters. The maximum Gasteiger partial charge on any atom is 0.266 e. The van der Waals surface area contributed by atoms with Crippen LogP contribution in [-0.4, -0.2) is 63.7 Å². The first kappa shape index (κ1) is 16.4. The minimum absolute atomic E-state index is 0.0620. The molecule has 1 amide bonds. The fraction of sp³-hybridized carbons (Fsp3) is 0.533. The molecule has 0 aromatic carbocycles. The van der Waals surface area contributed by atoms with Crippen molar-refractivity contribution >= 4 is 28.8 Å². The summed E-state index contributed by atoms with van der Waals surface area (Å²) in [4.78, 5) is 22.1. The lowest BCUT2D eigenvalue weighted by Crippen LogP contribution is -2.47. The van der Waals surface area contributed by atoms with Crippen LogP contribution in [0.25, 0.3) is 5.13 Å². The molecule has 1 saturated heterocycles. The van der Waals surface area contributed by atoms with Gasteiger partial charge in [0, 0.05) is 26.2 Å². The summed E-state index contributed by atoms with van der Waals surface area (Å²) in [5, 5.41) is 5.75. The number of hydrogen-bond donors (Lipinski definition) is 0. The predicted octanol–water partition coefficient (Wildman–Crippen LogP) is 2.30. The molecular formula is C15H20ClN5OS. The fourth-order valence-corrected chi connectivity index (χ4v) is 3.79. The van der Waals surface area contributed by atoms with Crippen LogP contribution in [0.1, 0.15) is 26.8 Å². The van der Waals surface area contributed by atoms with Gasteiger partial charge in [-0.25, -0.2) is 9.67 Å². The molecule has 3 heterocycles. The van der Waals surface area contributed by atoms with E-state index in [1.165, 1.54) is 11.3 Å². The van der Waals surface area contributed by atoms with E-state index in [1.54, 1.807) is 4.68 Å². The highest BCUT2D eigenvalue weighted by atomic mass is 35.5. The Morgan fingerprint density at radius 1 is 1.13 bits per heavy atom. The highest BCUT2D eigenvalue weighted by Gasteiger charge is 2.25. The van der Waals surface area contributed by atoms with Crippen molar-refractivity contribution < 1.29 is 4.79 Å². The van der Waals surface area contributed by atoms with Gasteiger partial charge in [-0.1, -0.05) is 22.9 Å². The molecule has 0 radical (unpaired) electrons. The molecule has 0 N–H and O–H groups in total. The summed E-state index contributed by atoms with van der Waals surface area (Å²) in [6.45, 7) is 8.97. The molecule has 8 heteroatoms. The van der Waals surface area contributed by atoms with Crippen LogP contribution in [-0.2, 0) is 0 Å². The predicted molar refractivity (Wildman–Crippen MR) is 91.9 cm³/mol. The van der Waals surface area contributed by atoms with Crippen LogP contribution in [0.15, 0.2) is 0 Å². The zero-order chi connectivity index (χ0) is 16.7. The number of thiazole rings is 1. The van der Waals surface area contributed by atoms with Gasteiger partial charge in [0.25, 0.3) is 5.91 Å². The highest BCUT2D eigenvalue weighted by molar-refractivity contribution is 7.16. The Labute approximate surface area is 144 Å². The number of rotatable bonds is 2. The van der Waals surface area contributed by atoms with Crippen molar-refractivity contribution in [1.82, 2.24) is 24.6 Å². The quantitative estimate of drug-likeness (QED) is 0.831. The Kier molecular flexibility index (Phi) is 4.44. The zero-order valence-corrected chi connectivity index (χ0v) is 15.3. The lowest BCUT2D eigenvalue weighted by molar-refractivity contribution is 0.0668. The molecule has 3 rings (SSSR count). The van der Waals surface area contributed by atoms with E-state index in [0.717, 1.165) is 43.3 Å². The number of carbonyl (C=O) groups excluding carboxylic acids is 1. The molecule has 23 heavy (non-hydrogen) atoms. The monoisotopic (exact) mass is 353 g/mol. The van der Waals surface area contributed by atoms with Crippen LogP contribution in [0.4, 0.5) is 0 Å². The minimum Gasteiger partial charge on any atom is -0.335 e. The van der Waals surface area contributed by atoms with Crippen LogP contribution < -0.4 is 0 Å². The highest BCUT2D eigenvalue weighted by Crippen LogP contribution is 2.27. The van der Waals surface area contributed by atoms with Crippen molar-refractivity contribution in [2.75, 3.05) is 33.2 Å². The Bertz CT molecular complexity index is 745. The first-order valence-electron chi connectivity index (χ1n) is 7.56. The third-order valence-electron chi connectivity index (χ3n) is 4.15. The number of likely N-dealkylation sites (N-methyl/N-ethyl adjacent to an activating group) is 1. The molecule has 1 aliphatic heterocycles. The van der Waals surface area contributed by atoms with Gasteiger partial charge in [0.1, 0.15) is 4.88 Å². The maximum absolute atomic E-state index is 12.8. The standard InChI is InChI=1S/C15H20ClN5OS/c1-9-12(16)11(3)21(18-9)15-17-10(2)13(23-15)14(22)20-7-5-19(4)6-8-20/h5-8H2,1-4H3. The molecule has 6 nitrogen and oxygen atoms in total. The van der Waals surface area contributed by atoms with Crippen molar-refractivity contribution in [1.29, 1.82) is 0 Å². The molecule has 0 spiro atoms. The molecule has 2 aromatic heterocycles. The summed E-state index contributed by atoms with van der Waals surface area (Å²) in [6, 6.07) is 0. The van der Waals surface area contributed by atoms with Gasteiger partial charge in [-0.05, 0) is 27.8 Å². The number of carbonyl (C=O) groups is 1. The zero-order valence-electron chi connectivity index (χ0n) is 13.8. The maximum atomic E-state index is 12.8. The van der Waals surface area contributed by atoms with Crippen LogP contribution in [0.2, 0.25) is 5.02 Å². The van der Waals surface area contributed by atoms with Gasteiger partial charge in [0.2, 0.25) is 5.13 Å². The fourth-order valence-electron chi connectivity index (χ4n) is 2.63.